The number of carboxylic acids is 1. The number of hydrogen-bond donors (Lipinski definition) is 3. The summed E-state index contributed by atoms with van der Waals surface area (Å²) in [7, 11) is 0. The number of rotatable bonds is 11. The average molecular weight is 435 g/mol. The SMILES string of the molecule is CCCC1(OC/C(=C/C(C)=N)Nc2ccc(Cl)cc2)CCC(C)(CCC(=O)O)CC1. The summed E-state index contributed by atoms with van der Waals surface area (Å²) in [5.74, 6) is -0.720. The number of nitrogens with one attached hydrogen (secondary N) is 2. The van der Waals surface area contributed by atoms with E-state index in [0.717, 1.165) is 56.3 Å². The van der Waals surface area contributed by atoms with Gasteiger partial charge in [-0.25, -0.2) is 0 Å². The Bertz CT molecular complexity index is 750. The molecule has 2 rings (SSSR count). The molecule has 1 aromatic rings. The molecule has 0 amide bonds. The molecule has 0 radical (unpaired) electrons. The number of carbonyl (C=O) groups is 1. The van der Waals surface area contributed by atoms with Gasteiger partial charge < -0.3 is 20.6 Å². The van der Waals surface area contributed by atoms with Gasteiger partial charge in [0.1, 0.15) is 0 Å². The second kappa shape index (κ2) is 11.0. The fraction of sp³-hybridized carbons (Fsp3) is 0.583. The van der Waals surface area contributed by atoms with Gasteiger partial charge in [-0.2, -0.15) is 0 Å². The standard InChI is InChI=1S/C24H35ClN2O3/c1-4-10-24(14-12-23(3,13-15-24)11-9-22(28)29)30-17-21(16-18(2)26)27-20-7-5-19(25)6-8-20/h5-8,16,26-27H,4,9-15,17H2,1-3H3,(H,28,29)/b21-16-,26-18?. The lowest BCUT2D eigenvalue weighted by atomic mass is 9.66. The Labute approximate surface area is 185 Å². The van der Waals surface area contributed by atoms with Crippen molar-refractivity contribution >= 4 is 29.0 Å². The van der Waals surface area contributed by atoms with Crippen LogP contribution in [0, 0.1) is 10.8 Å². The van der Waals surface area contributed by atoms with Gasteiger partial charge in [0.15, 0.2) is 0 Å². The Kier molecular flexibility index (Phi) is 8.92. The topological polar surface area (TPSA) is 82.4 Å². The zero-order valence-corrected chi connectivity index (χ0v) is 19.1. The van der Waals surface area contributed by atoms with Gasteiger partial charge in [-0.3, -0.25) is 4.79 Å². The van der Waals surface area contributed by atoms with Crippen molar-refractivity contribution in [3.05, 3.63) is 41.1 Å². The molecule has 5 nitrogen and oxygen atoms in total. The molecule has 0 spiro atoms. The highest BCUT2D eigenvalue weighted by Gasteiger charge is 2.40. The third-order valence-electron chi connectivity index (χ3n) is 6.09. The summed E-state index contributed by atoms with van der Waals surface area (Å²) in [5.41, 5.74) is 2.10. The molecule has 1 fully saturated rings. The molecule has 166 valence electrons. The molecule has 0 atom stereocenters. The molecule has 0 heterocycles. The van der Waals surface area contributed by atoms with Crippen LogP contribution in [0.4, 0.5) is 5.69 Å². The van der Waals surface area contributed by atoms with Crippen LogP contribution < -0.4 is 5.32 Å². The second-order valence-corrected chi connectivity index (χ2v) is 9.35. The second-order valence-electron chi connectivity index (χ2n) is 8.91. The van der Waals surface area contributed by atoms with Crippen molar-refractivity contribution in [1.82, 2.24) is 0 Å². The summed E-state index contributed by atoms with van der Waals surface area (Å²) in [4.78, 5) is 11.0. The van der Waals surface area contributed by atoms with Crippen molar-refractivity contribution in [2.24, 2.45) is 5.41 Å². The zero-order chi connectivity index (χ0) is 22.2. The van der Waals surface area contributed by atoms with Crippen molar-refractivity contribution in [2.45, 2.75) is 77.7 Å². The number of hydrogen-bond acceptors (Lipinski definition) is 4. The number of ether oxygens (including phenoxy) is 1. The normalized spacial score (nSPS) is 24.5. The first-order valence-electron chi connectivity index (χ1n) is 10.8. The summed E-state index contributed by atoms with van der Waals surface area (Å²) in [5, 5.41) is 20.9. The highest BCUT2D eigenvalue weighted by atomic mass is 35.5. The number of carboxylic acid groups (broad SMARTS) is 1. The van der Waals surface area contributed by atoms with Crippen LogP contribution in [0.1, 0.15) is 72.1 Å². The molecular formula is C24H35ClN2O3. The van der Waals surface area contributed by atoms with Crippen molar-refractivity contribution in [2.75, 3.05) is 11.9 Å². The van der Waals surface area contributed by atoms with E-state index in [1.807, 2.05) is 24.3 Å². The maximum atomic E-state index is 11.0. The number of halogens is 1. The Hall–Kier alpha value is -1.85. The predicted octanol–water partition coefficient (Wildman–Crippen LogP) is 6.68. The van der Waals surface area contributed by atoms with Gasteiger partial charge in [0.25, 0.3) is 0 Å². The Morgan fingerprint density at radius 3 is 2.40 bits per heavy atom. The van der Waals surface area contributed by atoms with E-state index in [1.54, 1.807) is 13.0 Å². The smallest absolute Gasteiger partial charge is 0.303 e. The number of benzene rings is 1. The lowest BCUT2D eigenvalue weighted by Gasteiger charge is -2.45. The van der Waals surface area contributed by atoms with Gasteiger partial charge in [0, 0.05) is 28.5 Å². The van der Waals surface area contributed by atoms with Gasteiger partial charge in [0.05, 0.1) is 12.2 Å². The van der Waals surface area contributed by atoms with Gasteiger partial charge in [-0.05, 0) is 81.2 Å². The molecule has 0 aliphatic heterocycles. The minimum absolute atomic E-state index is 0.0742. The van der Waals surface area contributed by atoms with E-state index in [0.29, 0.717) is 17.3 Å². The molecule has 0 unspecified atom stereocenters. The van der Waals surface area contributed by atoms with Crippen LogP contribution in [-0.4, -0.2) is 29.0 Å². The molecule has 1 aliphatic carbocycles. The summed E-state index contributed by atoms with van der Waals surface area (Å²) >= 11 is 5.98. The largest absolute Gasteiger partial charge is 0.481 e. The van der Waals surface area contributed by atoms with Gasteiger partial charge >= 0.3 is 5.97 Å². The molecule has 1 aliphatic rings. The fourth-order valence-corrected chi connectivity index (χ4v) is 4.34. The van der Waals surface area contributed by atoms with Crippen LogP contribution >= 0.6 is 11.6 Å². The van der Waals surface area contributed by atoms with Crippen molar-refractivity contribution < 1.29 is 14.6 Å². The van der Waals surface area contributed by atoms with Gasteiger partial charge in [0.2, 0.25) is 0 Å². The monoisotopic (exact) mass is 434 g/mol. The molecule has 6 heteroatoms. The molecule has 0 bridgehead atoms. The van der Waals surface area contributed by atoms with E-state index in [4.69, 9.17) is 26.9 Å². The lowest BCUT2D eigenvalue weighted by Crippen LogP contribution is -2.41. The number of allylic oxidation sites excluding steroid dienone is 1. The molecule has 1 saturated carbocycles. The summed E-state index contributed by atoms with van der Waals surface area (Å²) in [6.07, 6.45) is 8.62. The minimum Gasteiger partial charge on any atom is -0.481 e. The van der Waals surface area contributed by atoms with Crippen LogP contribution in [0.15, 0.2) is 36.0 Å². The van der Waals surface area contributed by atoms with E-state index in [9.17, 15) is 4.79 Å². The van der Waals surface area contributed by atoms with E-state index >= 15 is 0 Å². The lowest BCUT2D eigenvalue weighted by molar-refractivity contribution is -0.138. The van der Waals surface area contributed by atoms with Crippen LogP contribution in [0.3, 0.4) is 0 Å². The highest BCUT2D eigenvalue weighted by molar-refractivity contribution is 6.30. The maximum Gasteiger partial charge on any atom is 0.303 e. The van der Waals surface area contributed by atoms with Gasteiger partial charge in [-0.1, -0.05) is 31.9 Å². The van der Waals surface area contributed by atoms with E-state index in [2.05, 4.69) is 19.2 Å². The zero-order valence-electron chi connectivity index (χ0n) is 18.4. The molecule has 30 heavy (non-hydrogen) atoms. The van der Waals surface area contributed by atoms with E-state index in [-0.39, 0.29) is 17.4 Å². The third-order valence-corrected chi connectivity index (χ3v) is 6.34. The van der Waals surface area contributed by atoms with Gasteiger partial charge in [-0.15, -0.1) is 0 Å². The Morgan fingerprint density at radius 2 is 1.87 bits per heavy atom. The van der Waals surface area contributed by atoms with Crippen molar-refractivity contribution in [3.63, 3.8) is 0 Å². The van der Waals surface area contributed by atoms with Crippen molar-refractivity contribution in [1.29, 1.82) is 5.41 Å². The summed E-state index contributed by atoms with van der Waals surface area (Å²) < 4.78 is 6.52. The quantitative estimate of drug-likeness (QED) is 0.339. The minimum atomic E-state index is -0.720. The Balaban J connectivity index is 2.04. The highest BCUT2D eigenvalue weighted by Crippen LogP contribution is 2.47. The maximum absolute atomic E-state index is 11.0. The first-order valence-corrected chi connectivity index (χ1v) is 11.2. The Morgan fingerprint density at radius 1 is 1.23 bits per heavy atom. The fourth-order valence-electron chi connectivity index (χ4n) is 4.21. The number of aliphatic carboxylic acids is 1. The van der Waals surface area contributed by atoms with Crippen LogP contribution in [-0.2, 0) is 9.53 Å². The predicted molar refractivity (Wildman–Crippen MR) is 124 cm³/mol. The summed E-state index contributed by atoms with van der Waals surface area (Å²) in [6, 6.07) is 7.48. The molecule has 0 saturated heterocycles. The van der Waals surface area contributed by atoms with Crippen molar-refractivity contribution in [3.8, 4) is 0 Å². The first-order chi connectivity index (χ1) is 14.2. The summed E-state index contributed by atoms with van der Waals surface area (Å²) in [6.45, 7) is 6.54. The van der Waals surface area contributed by atoms with E-state index < -0.39 is 5.97 Å². The number of anilines is 1. The third kappa shape index (κ3) is 7.77. The van der Waals surface area contributed by atoms with E-state index in [1.165, 1.54) is 0 Å². The van der Waals surface area contributed by atoms with Crippen LogP contribution in [0.5, 0.6) is 0 Å². The first kappa shape index (κ1) is 24.4. The molecule has 3 N–H and O–H groups in total. The average Bonchev–Trinajstić information content (AvgIpc) is 2.69. The van der Waals surface area contributed by atoms with Crippen LogP contribution in [0.25, 0.3) is 0 Å². The molecular weight excluding hydrogens is 400 g/mol. The molecule has 1 aromatic carbocycles. The molecule has 0 aromatic heterocycles. The van der Waals surface area contributed by atoms with Crippen LogP contribution in [0.2, 0.25) is 5.02 Å².